The molecule has 3 aliphatic rings. The molecule has 4 atom stereocenters. The molecule has 22 heavy (non-hydrogen) atoms. The van der Waals surface area contributed by atoms with Gasteiger partial charge in [0.05, 0.1) is 12.2 Å². The number of hydrogen-bond donors (Lipinski definition) is 2. The van der Waals surface area contributed by atoms with E-state index in [1.54, 1.807) is 24.3 Å². The molecule has 0 unspecified atom stereocenters. The molecule has 6 nitrogen and oxygen atoms in total. The van der Waals surface area contributed by atoms with E-state index in [-0.39, 0.29) is 12.8 Å². The SMILES string of the molecule is CC1(C)OC(=O)C([C@@H]2C=C[C@H](O)C2)([C@H]2C=C[C@@H](O)C2)C(=O)O1. The number of aliphatic hydroxyl groups excluding tert-OH is 2. The number of cyclic esters (lactones) is 2. The number of allylic oxidation sites excluding steroid dienone is 2. The zero-order chi connectivity index (χ0) is 16.1. The van der Waals surface area contributed by atoms with Crippen molar-refractivity contribution in [2.75, 3.05) is 0 Å². The lowest BCUT2D eigenvalue weighted by atomic mass is 9.65. The molecule has 2 aliphatic carbocycles. The van der Waals surface area contributed by atoms with E-state index < -0.39 is 47.2 Å². The summed E-state index contributed by atoms with van der Waals surface area (Å²) >= 11 is 0. The zero-order valence-electron chi connectivity index (χ0n) is 12.6. The molecule has 6 heteroatoms. The van der Waals surface area contributed by atoms with Crippen molar-refractivity contribution >= 4 is 11.9 Å². The quantitative estimate of drug-likeness (QED) is 0.443. The second-order valence-electron chi connectivity index (χ2n) is 6.64. The monoisotopic (exact) mass is 308 g/mol. The Kier molecular flexibility index (Phi) is 3.41. The molecule has 1 aliphatic heterocycles. The minimum atomic E-state index is -1.54. The highest BCUT2D eigenvalue weighted by Gasteiger charge is 2.64. The predicted molar refractivity (Wildman–Crippen MR) is 75.2 cm³/mol. The summed E-state index contributed by atoms with van der Waals surface area (Å²) in [6.07, 6.45) is 5.59. The average molecular weight is 308 g/mol. The van der Waals surface area contributed by atoms with E-state index in [2.05, 4.69) is 0 Å². The van der Waals surface area contributed by atoms with Crippen LogP contribution in [0.25, 0.3) is 0 Å². The molecule has 120 valence electrons. The summed E-state index contributed by atoms with van der Waals surface area (Å²) < 4.78 is 10.7. The first-order valence-electron chi connectivity index (χ1n) is 7.45. The highest BCUT2D eigenvalue weighted by Crippen LogP contribution is 2.51. The average Bonchev–Trinajstić information content (AvgIpc) is 2.98. The van der Waals surface area contributed by atoms with Crippen molar-refractivity contribution < 1.29 is 29.3 Å². The van der Waals surface area contributed by atoms with Gasteiger partial charge in [0.2, 0.25) is 0 Å². The van der Waals surface area contributed by atoms with Crippen molar-refractivity contribution in [3.63, 3.8) is 0 Å². The zero-order valence-corrected chi connectivity index (χ0v) is 12.6. The van der Waals surface area contributed by atoms with E-state index in [9.17, 15) is 19.8 Å². The maximum atomic E-state index is 12.8. The van der Waals surface area contributed by atoms with Gasteiger partial charge >= 0.3 is 11.9 Å². The normalized spacial score (nSPS) is 38.9. The van der Waals surface area contributed by atoms with Crippen molar-refractivity contribution in [1.29, 1.82) is 0 Å². The summed E-state index contributed by atoms with van der Waals surface area (Å²) in [5.41, 5.74) is -1.54. The number of aliphatic hydroxyl groups is 2. The summed E-state index contributed by atoms with van der Waals surface area (Å²) in [7, 11) is 0. The van der Waals surface area contributed by atoms with Gasteiger partial charge in [-0.25, -0.2) is 0 Å². The van der Waals surface area contributed by atoms with Gasteiger partial charge in [-0.05, 0) is 12.8 Å². The van der Waals surface area contributed by atoms with Crippen LogP contribution >= 0.6 is 0 Å². The number of carbonyl (C=O) groups is 2. The van der Waals surface area contributed by atoms with Gasteiger partial charge in [-0.3, -0.25) is 9.59 Å². The number of hydrogen-bond acceptors (Lipinski definition) is 6. The van der Waals surface area contributed by atoms with Gasteiger partial charge in [-0.2, -0.15) is 0 Å². The fourth-order valence-corrected chi connectivity index (χ4v) is 3.63. The minimum absolute atomic E-state index is 0.255. The van der Waals surface area contributed by atoms with Gasteiger partial charge in [0.15, 0.2) is 5.41 Å². The van der Waals surface area contributed by atoms with Crippen LogP contribution in [-0.4, -0.2) is 40.1 Å². The summed E-state index contributed by atoms with van der Waals surface area (Å²) in [6, 6.07) is 0. The van der Waals surface area contributed by atoms with E-state index in [0.717, 1.165) is 0 Å². The van der Waals surface area contributed by atoms with Crippen molar-refractivity contribution in [2.24, 2.45) is 17.3 Å². The van der Waals surface area contributed by atoms with Gasteiger partial charge in [-0.15, -0.1) is 0 Å². The summed E-state index contributed by atoms with van der Waals surface area (Å²) in [5, 5.41) is 19.5. The van der Waals surface area contributed by atoms with Gasteiger partial charge in [0.25, 0.3) is 5.79 Å². The van der Waals surface area contributed by atoms with Crippen LogP contribution in [-0.2, 0) is 19.1 Å². The lowest BCUT2D eigenvalue weighted by molar-refractivity contribution is -0.258. The number of esters is 2. The Morgan fingerprint density at radius 2 is 1.32 bits per heavy atom. The van der Waals surface area contributed by atoms with E-state index in [4.69, 9.17) is 9.47 Å². The molecule has 0 saturated carbocycles. The van der Waals surface area contributed by atoms with Crippen molar-refractivity contribution in [3.05, 3.63) is 24.3 Å². The van der Waals surface area contributed by atoms with Crippen LogP contribution in [0.1, 0.15) is 26.7 Å². The second kappa shape index (κ2) is 4.93. The smallest absolute Gasteiger partial charge is 0.327 e. The maximum absolute atomic E-state index is 12.8. The van der Waals surface area contributed by atoms with Crippen LogP contribution in [0.2, 0.25) is 0 Å². The van der Waals surface area contributed by atoms with Gasteiger partial charge in [-0.1, -0.05) is 24.3 Å². The van der Waals surface area contributed by atoms with E-state index in [1.807, 2.05) is 0 Å². The van der Waals surface area contributed by atoms with Crippen LogP contribution in [0.5, 0.6) is 0 Å². The van der Waals surface area contributed by atoms with Crippen LogP contribution in [0.15, 0.2) is 24.3 Å². The molecule has 0 radical (unpaired) electrons. The molecule has 1 fully saturated rings. The number of rotatable bonds is 2. The first-order chi connectivity index (χ1) is 10.3. The van der Waals surface area contributed by atoms with Gasteiger partial charge in [0, 0.05) is 25.7 Å². The third kappa shape index (κ3) is 2.18. The minimum Gasteiger partial charge on any atom is -0.422 e. The van der Waals surface area contributed by atoms with Crippen molar-refractivity contribution in [2.45, 2.75) is 44.7 Å². The van der Waals surface area contributed by atoms with E-state index >= 15 is 0 Å². The Hall–Kier alpha value is -1.66. The van der Waals surface area contributed by atoms with Gasteiger partial charge < -0.3 is 19.7 Å². The van der Waals surface area contributed by atoms with Crippen LogP contribution in [0.3, 0.4) is 0 Å². The fourth-order valence-electron chi connectivity index (χ4n) is 3.63. The largest absolute Gasteiger partial charge is 0.422 e. The highest BCUT2D eigenvalue weighted by atomic mass is 16.7. The van der Waals surface area contributed by atoms with Gasteiger partial charge in [0.1, 0.15) is 0 Å². The third-order valence-electron chi connectivity index (χ3n) is 4.64. The molecule has 0 aromatic carbocycles. The molecule has 1 heterocycles. The Morgan fingerprint density at radius 3 is 1.64 bits per heavy atom. The van der Waals surface area contributed by atoms with Crippen LogP contribution < -0.4 is 0 Å². The molecule has 0 aromatic rings. The second-order valence-corrected chi connectivity index (χ2v) is 6.64. The molecule has 3 rings (SSSR count). The molecule has 0 aromatic heterocycles. The first-order valence-corrected chi connectivity index (χ1v) is 7.45. The van der Waals surface area contributed by atoms with E-state index in [0.29, 0.717) is 0 Å². The Morgan fingerprint density at radius 1 is 0.909 bits per heavy atom. The number of carbonyl (C=O) groups excluding carboxylic acids is 2. The predicted octanol–water partition coefficient (Wildman–Crippen LogP) is 0.683. The third-order valence-corrected chi connectivity index (χ3v) is 4.64. The molecule has 0 amide bonds. The van der Waals surface area contributed by atoms with Crippen LogP contribution in [0, 0.1) is 17.3 Å². The lowest BCUT2D eigenvalue weighted by Gasteiger charge is -2.45. The molecule has 0 bridgehead atoms. The Balaban J connectivity index is 2.04. The maximum Gasteiger partial charge on any atom is 0.327 e. The first kappa shape index (κ1) is 15.2. The number of ether oxygens (including phenoxy) is 2. The Bertz CT molecular complexity index is 513. The molecular formula is C16H20O6. The fraction of sp³-hybridized carbons (Fsp3) is 0.625. The van der Waals surface area contributed by atoms with Crippen LogP contribution in [0.4, 0.5) is 0 Å². The summed E-state index contributed by atoms with van der Waals surface area (Å²) in [6.45, 7) is 3.01. The molecule has 1 saturated heterocycles. The van der Waals surface area contributed by atoms with Crippen molar-refractivity contribution in [1.82, 2.24) is 0 Å². The highest BCUT2D eigenvalue weighted by molar-refractivity contribution is 6.03. The van der Waals surface area contributed by atoms with Crippen molar-refractivity contribution in [3.8, 4) is 0 Å². The summed E-state index contributed by atoms with van der Waals surface area (Å²) in [4.78, 5) is 25.6. The molecular weight excluding hydrogens is 288 g/mol. The molecule has 2 N–H and O–H groups in total. The molecule has 0 spiro atoms. The standard InChI is InChI=1S/C16H20O6/c1-15(2)21-13(19)16(14(20)22-15,9-3-5-11(17)7-9)10-4-6-12(18)8-10/h3-6,9-12,17-18H,7-8H2,1-2H3/t9-,10+,11+,12-. The Labute approximate surface area is 128 Å². The topological polar surface area (TPSA) is 93.1 Å². The lowest BCUT2D eigenvalue weighted by Crippen LogP contribution is -2.59. The van der Waals surface area contributed by atoms with E-state index in [1.165, 1.54) is 13.8 Å². The summed E-state index contributed by atoms with van der Waals surface area (Å²) in [5.74, 6) is -3.64.